The smallest absolute Gasteiger partial charge is 0.192 e. The highest BCUT2D eigenvalue weighted by Gasteiger charge is 2.36. The predicted molar refractivity (Wildman–Crippen MR) is 111 cm³/mol. The van der Waals surface area contributed by atoms with E-state index in [2.05, 4.69) is 20.8 Å². The van der Waals surface area contributed by atoms with Gasteiger partial charge in [0.25, 0.3) is 0 Å². The summed E-state index contributed by atoms with van der Waals surface area (Å²) in [6.45, 7) is 7.03. The summed E-state index contributed by atoms with van der Waals surface area (Å²) in [5.41, 5.74) is 0. The molecule has 0 aromatic heterocycles. The summed E-state index contributed by atoms with van der Waals surface area (Å²) in [7, 11) is -1.36. The van der Waals surface area contributed by atoms with E-state index < -0.39 is 8.32 Å². The molecule has 1 aliphatic heterocycles. The Balaban J connectivity index is 2.25. The lowest BCUT2D eigenvalue weighted by Crippen LogP contribution is -2.42. The highest BCUT2D eigenvalue weighted by atomic mass is 28.4. The van der Waals surface area contributed by atoms with Gasteiger partial charge < -0.3 is 4.43 Å². The molecule has 0 radical (unpaired) electrons. The van der Waals surface area contributed by atoms with Gasteiger partial charge in [-0.1, -0.05) is 104 Å². The molecule has 144 valence electrons. The van der Waals surface area contributed by atoms with Crippen molar-refractivity contribution in [2.45, 2.75) is 141 Å². The van der Waals surface area contributed by atoms with Crippen LogP contribution < -0.4 is 0 Å². The zero-order valence-corrected chi connectivity index (χ0v) is 18.2. The first-order valence-corrected chi connectivity index (χ1v) is 14.0. The second-order valence-electron chi connectivity index (χ2n) is 8.24. The minimum absolute atomic E-state index is 0.592. The van der Waals surface area contributed by atoms with Crippen molar-refractivity contribution >= 4 is 8.32 Å². The molecule has 0 aliphatic carbocycles. The van der Waals surface area contributed by atoms with Crippen LogP contribution in [0.1, 0.15) is 117 Å². The summed E-state index contributed by atoms with van der Waals surface area (Å²) < 4.78 is 6.93. The van der Waals surface area contributed by atoms with Gasteiger partial charge in [-0.15, -0.1) is 0 Å². The van der Waals surface area contributed by atoms with Gasteiger partial charge in [-0.25, -0.2) is 0 Å². The van der Waals surface area contributed by atoms with Gasteiger partial charge in [0.15, 0.2) is 8.32 Å². The molecule has 0 aromatic rings. The molecular weight excluding hydrogens is 308 g/mol. The van der Waals surface area contributed by atoms with Crippen LogP contribution in [0.2, 0.25) is 18.1 Å². The maximum absolute atomic E-state index is 6.93. The summed E-state index contributed by atoms with van der Waals surface area (Å²) in [4.78, 5) is 0. The molecular formula is C22H46OSi. The van der Waals surface area contributed by atoms with Crippen LogP contribution in [0.3, 0.4) is 0 Å². The maximum Gasteiger partial charge on any atom is 0.192 e. The average Bonchev–Trinajstić information content (AvgIpc) is 2.62. The van der Waals surface area contributed by atoms with Gasteiger partial charge in [-0.05, 0) is 31.0 Å². The van der Waals surface area contributed by atoms with E-state index in [9.17, 15) is 0 Å². The topological polar surface area (TPSA) is 9.23 Å². The van der Waals surface area contributed by atoms with E-state index in [0.717, 1.165) is 0 Å². The molecule has 1 saturated heterocycles. The molecule has 1 atom stereocenters. The first kappa shape index (κ1) is 22.2. The third-order valence-corrected chi connectivity index (χ3v) is 10.7. The summed E-state index contributed by atoms with van der Waals surface area (Å²) in [5, 5.41) is 0. The highest BCUT2D eigenvalue weighted by Crippen LogP contribution is 2.35. The molecule has 24 heavy (non-hydrogen) atoms. The second kappa shape index (κ2) is 14.4. The lowest BCUT2D eigenvalue weighted by atomic mass is 10.0. The van der Waals surface area contributed by atoms with Gasteiger partial charge in [-0.3, -0.25) is 0 Å². The maximum atomic E-state index is 6.93. The Morgan fingerprint density at radius 2 is 1.21 bits per heavy atom. The van der Waals surface area contributed by atoms with E-state index in [1.807, 2.05) is 0 Å². The first-order valence-electron chi connectivity index (χ1n) is 11.4. The summed E-state index contributed by atoms with van der Waals surface area (Å²) >= 11 is 0. The minimum Gasteiger partial charge on any atom is -0.414 e. The van der Waals surface area contributed by atoms with Crippen molar-refractivity contribution in [2.75, 3.05) is 0 Å². The van der Waals surface area contributed by atoms with Gasteiger partial charge in [0.05, 0.1) is 0 Å². The zero-order valence-electron chi connectivity index (χ0n) is 17.2. The molecule has 1 nitrogen and oxygen atoms in total. The predicted octanol–water partition coefficient (Wildman–Crippen LogP) is 8.24. The summed E-state index contributed by atoms with van der Waals surface area (Å²) in [6.07, 6.45) is 21.7. The number of rotatable bonds is 15. The normalized spacial score (nSPS) is 18.6. The monoisotopic (exact) mass is 354 g/mol. The van der Waals surface area contributed by atoms with E-state index in [0.29, 0.717) is 6.10 Å². The molecule has 0 spiro atoms. The zero-order chi connectivity index (χ0) is 17.5. The van der Waals surface area contributed by atoms with Crippen LogP contribution in [0.5, 0.6) is 0 Å². The van der Waals surface area contributed by atoms with E-state index >= 15 is 0 Å². The highest BCUT2D eigenvalue weighted by molar-refractivity contribution is 6.73. The number of hydrogen-bond acceptors (Lipinski definition) is 1. The molecule has 1 heterocycles. The molecule has 0 bridgehead atoms. The van der Waals surface area contributed by atoms with Crippen LogP contribution in [-0.4, -0.2) is 14.4 Å². The van der Waals surface area contributed by atoms with Gasteiger partial charge in [0, 0.05) is 6.10 Å². The second-order valence-corrected chi connectivity index (χ2v) is 12.6. The van der Waals surface area contributed by atoms with Crippen LogP contribution >= 0.6 is 0 Å². The summed E-state index contributed by atoms with van der Waals surface area (Å²) in [5.74, 6) is 0. The van der Waals surface area contributed by atoms with E-state index in [1.165, 1.54) is 114 Å². The lowest BCUT2D eigenvalue weighted by Gasteiger charge is -2.37. The van der Waals surface area contributed by atoms with Gasteiger partial charge in [0.1, 0.15) is 0 Å². The Hall–Kier alpha value is 0.177. The van der Waals surface area contributed by atoms with Crippen LogP contribution in [-0.2, 0) is 4.43 Å². The first-order chi connectivity index (χ1) is 11.8. The Morgan fingerprint density at radius 3 is 1.79 bits per heavy atom. The molecule has 0 amide bonds. The Bertz CT molecular complexity index is 273. The number of hydrogen-bond donors (Lipinski definition) is 0. The fourth-order valence-corrected chi connectivity index (χ4v) is 8.40. The van der Waals surface area contributed by atoms with Crippen LogP contribution in [0.15, 0.2) is 0 Å². The lowest BCUT2D eigenvalue weighted by molar-refractivity contribution is 0.156. The molecule has 0 N–H and O–H groups in total. The molecule has 1 rings (SSSR count). The Kier molecular flexibility index (Phi) is 13.3. The van der Waals surface area contributed by atoms with Crippen molar-refractivity contribution in [3.63, 3.8) is 0 Å². The molecule has 0 aromatic carbocycles. The quantitative estimate of drug-likeness (QED) is 0.212. The van der Waals surface area contributed by atoms with Crippen molar-refractivity contribution < 1.29 is 4.43 Å². The van der Waals surface area contributed by atoms with Gasteiger partial charge >= 0.3 is 0 Å². The van der Waals surface area contributed by atoms with Gasteiger partial charge in [0.2, 0.25) is 0 Å². The summed E-state index contributed by atoms with van der Waals surface area (Å²) in [6, 6.07) is 4.25. The number of unbranched alkanes of at least 4 members (excludes halogenated alkanes) is 8. The third-order valence-electron chi connectivity index (χ3n) is 6.09. The van der Waals surface area contributed by atoms with Crippen LogP contribution in [0.25, 0.3) is 0 Å². The largest absolute Gasteiger partial charge is 0.414 e. The van der Waals surface area contributed by atoms with Crippen molar-refractivity contribution in [2.24, 2.45) is 0 Å². The SMILES string of the molecule is CCCCCCCCCCC(CCCC)O[Si]1(CC)CCCCC1. The minimum atomic E-state index is -1.36. The molecule has 2 heteroatoms. The van der Waals surface area contributed by atoms with E-state index in [-0.39, 0.29) is 0 Å². The van der Waals surface area contributed by atoms with E-state index in [4.69, 9.17) is 4.43 Å². The van der Waals surface area contributed by atoms with Crippen LogP contribution in [0, 0.1) is 0 Å². The molecule has 1 fully saturated rings. The third kappa shape index (κ3) is 9.61. The van der Waals surface area contributed by atoms with Crippen LogP contribution in [0.4, 0.5) is 0 Å². The van der Waals surface area contributed by atoms with Crippen molar-refractivity contribution in [3.8, 4) is 0 Å². The Labute approximate surface area is 154 Å². The molecule has 0 saturated carbocycles. The van der Waals surface area contributed by atoms with Gasteiger partial charge in [-0.2, -0.15) is 0 Å². The standard InChI is InChI=1S/C22H46OSi/c1-4-7-9-10-11-12-13-15-19-22(18-8-5-2)23-24(6-3)20-16-14-17-21-24/h22H,4-21H2,1-3H3. The van der Waals surface area contributed by atoms with Crippen molar-refractivity contribution in [1.82, 2.24) is 0 Å². The molecule has 1 aliphatic rings. The fourth-order valence-electron chi connectivity index (χ4n) is 4.30. The van der Waals surface area contributed by atoms with Crippen molar-refractivity contribution in [1.29, 1.82) is 0 Å². The van der Waals surface area contributed by atoms with Crippen molar-refractivity contribution in [3.05, 3.63) is 0 Å². The van der Waals surface area contributed by atoms with E-state index in [1.54, 1.807) is 0 Å². The fraction of sp³-hybridized carbons (Fsp3) is 1.00. The molecule has 1 unspecified atom stereocenters. The average molecular weight is 355 g/mol. The Morgan fingerprint density at radius 1 is 0.667 bits per heavy atom.